The number of anilines is 3. The summed E-state index contributed by atoms with van der Waals surface area (Å²) in [7, 11) is 0. The van der Waals surface area contributed by atoms with Crippen molar-refractivity contribution in [2.75, 3.05) is 17.2 Å². The molecule has 6 N–H and O–H groups in total. The van der Waals surface area contributed by atoms with E-state index in [9.17, 15) is 0 Å². The van der Waals surface area contributed by atoms with E-state index in [-0.39, 0.29) is 16.5 Å². The van der Waals surface area contributed by atoms with Crippen molar-refractivity contribution in [3.8, 4) is 0 Å². The first kappa shape index (κ1) is 14.5. The van der Waals surface area contributed by atoms with Gasteiger partial charge in [-0.2, -0.15) is 9.97 Å². The van der Waals surface area contributed by atoms with Gasteiger partial charge in [-0.3, -0.25) is 0 Å². The molecule has 0 atom stereocenters. The maximum absolute atomic E-state index is 6.18. The lowest BCUT2D eigenvalue weighted by Gasteiger charge is -2.56. The molecule has 0 saturated heterocycles. The van der Waals surface area contributed by atoms with Gasteiger partial charge in [0.05, 0.1) is 0 Å². The Morgan fingerprint density at radius 3 is 2.04 bits per heavy atom. The normalized spacial score (nSPS) is 34.1. The summed E-state index contributed by atoms with van der Waals surface area (Å²) in [6, 6.07) is 0. The Balaban J connectivity index is 1.54. The van der Waals surface area contributed by atoms with Crippen molar-refractivity contribution >= 4 is 40.5 Å². The van der Waals surface area contributed by atoms with Gasteiger partial charge in [0.2, 0.25) is 5.95 Å². The van der Waals surface area contributed by atoms with Crippen molar-refractivity contribution in [2.45, 2.75) is 48.3 Å². The number of rotatable bonds is 2. The molecule has 0 spiro atoms. The highest BCUT2D eigenvalue weighted by Crippen LogP contribution is 2.62. The molecule has 2 heterocycles. The summed E-state index contributed by atoms with van der Waals surface area (Å²) in [6.45, 7) is 0. The van der Waals surface area contributed by atoms with E-state index in [2.05, 4.69) is 19.9 Å². The molecule has 0 radical (unpaired) electrons. The molecule has 0 unspecified atom stereocenters. The number of nitrogens with zero attached hydrogens (tertiary/aromatic N) is 4. The van der Waals surface area contributed by atoms with Crippen LogP contribution in [-0.2, 0) is 0 Å². The fourth-order valence-corrected chi connectivity index (χ4v) is 7.07. The van der Waals surface area contributed by atoms with Crippen molar-refractivity contribution in [3.05, 3.63) is 0 Å². The Morgan fingerprint density at radius 1 is 0.792 bits per heavy atom. The standard InChI is InChI=1S/C16H21N7S/c17-11-10-13(23-15(19)22-11)21-12(18)14(20-10)24-16-4-7-1-8(5-16)3-9(2-7)6-16/h7-9H,1-6H2,(H6,17,18,19,21,22,23). The minimum Gasteiger partial charge on any atom is -0.382 e. The van der Waals surface area contributed by atoms with Crippen LogP contribution in [0.25, 0.3) is 11.2 Å². The molecule has 4 aliphatic rings. The summed E-state index contributed by atoms with van der Waals surface area (Å²) >= 11 is 1.81. The molecule has 8 heteroatoms. The molecular weight excluding hydrogens is 322 g/mol. The minimum atomic E-state index is 0.0928. The van der Waals surface area contributed by atoms with Crippen LogP contribution in [0.15, 0.2) is 5.03 Å². The average molecular weight is 343 g/mol. The van der Waals surface area contributed by atoms with Crippen LogP contribution in [0.4, 0.5) is 17.6 Å². The van der Waals surface area contributed by atoms with Crippen molar-refractivity contribution < 1.29 is 0 Å². The van der Waals surface area contributed by atoms with Gasteiger partial charge in [0, 0.05) is 4.75 Å². The highest BCUT2D eigenvalue weighted by molar-refractivity contribution is 8.00. The second kappa shape index (κ2) is 4.84. The Bertz CT molecular complexity index is 801. The van der Waals surface area contributed by atoms with Crippen LogP contribution in [0.1, 0.15) is 38.5 Å². The quantitative estimate of drug-likeness (QED) is 0.757. The van der Waals surface area contributed by atoms with Crippen LogP contribution in [0, 0.1) is 17.8 Å². The Kier molecular flexibility index (Phi) is 2.93. The predicted molar refractivity (Wildman–Crippen MR) is 95.1 cm³/mol. The fraction of sp³-hybridized carbons (Fsp3) is 0.625. The van der Waals surface area contributed by atoms with Crippen molar-refractivity contribution in [1.82, 2.24) is 19.9 Å². The van der Waals surface area contributed by atoms with Crippen LogP contribution in [-0.4, -0.2) is 24.7 Å². The van der Waals surface area contributed by atoms with Gasteiger partial charge in [-0.1, -0.05) is 11.8 Å². The number of thioether (sulfide) groups is 1. The topological polar surface area (TPSA) is 130 Å². The van der Waals surface area contributed by atoms with Crippen LogP contribution < -0.4 is 17.2 Å². The molecule has 4 saturated carbocycles. The Morgan fingerprint density at radius 2 is 1.42 bits per heavy atom. The van der Waals surface area contributed by atoms with E-state index >= 15 is 0 Å². The number of hydrogen-bond acceptors (Lipinski definition) is 8. The van der Waals surface area contributed by atoms with Gasteiger partial charge in [0.25, 0.3) is 0 Å². The summed E-state index contributed by atoms with van der Waals surface area (Å²) < 4.78 is 0.272. The molecule has 2 aromatic heterocycles. The maximum Gasteiger partial charge on any atom is 0.224 e. The maximum atomic E-state index is 6.18. The molecule has 0 amide bonds. The molecule has 2 aromatic rings. The monoisotopic (exact) mass is 343 g/mol. The number of fused-ring (bicyclic) bond motifs is 1. The molecule has 4 fully saturated rings. The molecular formula is C16H21N7S. The van der Waals surface area contributed by atoms with Crippen LogP contribution in [0.3, 0.4) is 0 Å². The molecule has 0 aromatic carbocycles. The van der Waals surface area contributed by atoms with Crippen LogP contribution in [0.5, 0.6) is 0 Å². The Hall–Kier alpha value is -1.83. The van der Waals surface area contributed by atoms with Gasteiger partial charge in [-0.05, 0) is 56.3 Å². The molecule has 7 nitrogen and oxygen atoms in total. The summed E-state index contributed by atoms with van der Waals surface area (Å²) in [4.78, 5) is 17.1. The van der Waals surface area contributed by atoms with E-state index in [0.717, 1.165) is 22.8 Å². The van der Waals surface area contributed by atoms with Gasteiger partial charge < -0.3 is 17.2 Å². The molecule has 4 aliphatic carbocycles. The first-order valence-electron chi connectivity index (χ1n) is 8.55. The van der Waals surface area contributed by atoms with Crippen molar-refractivity contribution in [3.63, 3.8) is 0 Å². The molecule has 6 rings (SSSR count). The largest absolute Gasteiger partial charge is 0.382 e. The molecule has 0 aliphatic heterocycles. The number of nitrogens with two attached hydrogens (primary N) is 3. The first-order chi connectivity index (χ1) is 11.5. The summed E-state index contributed by atoms with van der Waals surface area (Å²) in [5.74, 6) is 3.41. The first-order valence-corrected chi connectivity index (χ1v) is 9.36. The SMILES string of the molecule is Nc1nc(N)c2nc(SC34CC5CC(CC(C5)C3)C4)c(N)nc2n1. The van der Waals surface area contributed by atoms with E-state index in [0.29, 0.717) is 17.0 Å². The van der Waals surface area contributed by atoms with E-state index in [1.54, 1.807) is 0 Å². The summed E-state index contributed by atoms with van der Waals surface area (Å²) in [6.07, 6.45) is 8.07. The zero-order valence-corrected chi connectivity index (χ0v) is 14.2. The zero-order chi connectivity index (χ0) is 16.5. The van der Waals surface area contributed by atoms with Gasteiger partial charge in [-0.15, -0.1) is 0 Å². The van der Waals surface area contributed by atoms with Gasteiger partial charge in [0.1, 0.15) is 5.03 Å². The second-order valence-corrected chi connectivity index (χ2v) is 9.21. The van der Waals surface area contributed by atoms with E-state index in [1.807, 2.05) is 11.8 Å². The third-order valence-corrected chi connectivity index (χ3v) is 7.29. The van der Waals surface area contributed by atoms with Gasteiger partial charge in [0.15, 0.2) is 22.8 Å². The van der Waals surface area contributed by atoms with Crippen LogP contribution in [0.2, 0.25) is 0 Å². The number of aromatic nitrogens is 4. The van der Waals surface area contributed by atoms with Crippen molar-refractivity contribution in [2.24, 2.45) is 17.8 Å². The van der Waals surface area contributed by atoms with Gasteiger partial charge in [-0.25, -0.2) is 9.97 Å². The van der Waals surface area contributed by atoms with E-state index < -0.39 is 0 Å². The molecule has 4 bridgehead atoms. The lowest BCUT2D eigenvalue weighted by molar-refractivity contribution is 0.0383. The van der Waals surface area contributed by atoms with E-state index in [4.69, 9.17) is 17.2 Å². The second-order valence-electron chi connectivity index (χ2n) is 7.76. The lowest BCUT2D eigenvalue weighted by atomic mass is 9.56. The third-order valence-electron chi connectivity index (χ3n) is 5.86. The lowest BCUT2D eigenvalue weighted by Crippen LogP contribution is -2.48. The highest BCUT2D eigenvalue weighted by Gasteiger charge is 2.51. The van der Waals surface area contributed by atoms with E-state index in [1.165, 1.54) is 38.5 Å². The predicted octanol–water partition coefficient (Wildman–Crippen LogP) is 2.23. The number of hydrogen-bond donors (Lipinski definition) is 3. The summed E-state index contributed by atoms with van der Waals surface area (Å²) in [5.41, 5.74) is 18.6. The third kappa shape index (κ3) is 2.19. The Labute approximate surface area is 144 Å². The summed E-state index contributed by atoms with van der Waals surface area (Å²) in [5, 5.41) is 0.768. The number of nitrogen functional groups attached to an aromatic ring is 3. The zero-order valence-electron chi connectivity index (χ0n) is 13.4. The molecule has 24 heavy (non-hydrogen) atoms. The highest BCUT2D eigenvalue weighted by atomic mass is 32.2. The van der Waals surface area contributed by atoms with Crippen molar-refractivity contribution in [1.29, 1.82) is 0 Å². The van der Waals surface area contributed by atoms with Gasteiger partial charge >= 0.3 is 0 Å². The fourth-order valence-electron chi connectivity index (χ4n) is 5.42. The minimum absolute atomic E-state index is 0.0928. The molecule has 126 valence electrons. The average Bonchev–Trinajstić information content (AvgIpc) is 2.47. The van der Waals surface area contributed by atoms with Crippen LogP contribution >= 0.6 is 11.8 Å². The smallest absolute Gasteiger partial charge is 0.224 e.